The third-order valence-corrected chi connectivity index (χ3v) is 3.28. The van der Waals surface area contributed by atoms with Crippen molar-refractivity contribution in [1.82, 2.24) is 25.0 Å². The first kappa shape index (κ1) is 14.4. The van der Waals surface area contributed by atoms with Crippen molar-refractivity contribution < 1.29 is 5.11 Å². The summed E-state index contributed by atoms with van der Waals surface area (Å²) < 4.78 is 1.77. The van der Waals surface area contributed by atoms with E-state index in [1.807, 2.05) is 37.3 Å². The zero-order chi connectivity index (χ0) is 15.4. The number of aryl methyl sites for hydroxylation is 1. The van der Waals surface area contributed by atoms with E-state index in [2.05, 4.69) is 25.6 Å². The molecule has 114 valence electrons. The van der Waals surface area contributed by atoms with Gasteiger partial charge in [0.25, 0.3) is 0 Å². The number of nitrogens with one attached hydrogen (secondary N) is 1. The van der Waals surface area contributed by atoms with Gasteiger partial charge < -0.3 is 10.4 Å². The number of rotatable bonds is 6. The Bertz CT molecular complexity index is 755. The van der Waals surface area contributed by atoms with Crippen molar-refractivity contribution in [2.75, 3.05) is 18.5 Å². The molecule has 0 radical (unpaired) electrons. The second-order valence-corrected chi connectivity index (χ2v) is 5.03. The Kier molecular flexibility index (Phi) is 4.24. The van der Waals surface area contributed by atoms with E-state index in [4.69, 9.17) is 5.11 Å². The maximum atomic E-state index is 8.88. The van der Waals surface area contributed by atoms with Gasteiger partial charge in [-0.05, 0) is 18.9 Å². The lowest BCUT2D eigenvalue weighted by molar-refractivity contribution is 0.292. The van der Waals surface area contributed by atoms with Crippen LogP contribution in [-0.4, -0.2) is 43.2 Å². The van der Waals surface area contributed by atoms with E-state index in [1.165, 1.54) is 0 Å². The van der Waals surface area contributed by atoms with Crippen molar-refractivity contribution >= 4 is 17.0 Å². The van der Waals surface area contributed by atoms with Gasteiger partial charge in [-0.15, -0.1) is 5.10 Å². The fraction of sp³-hybridized carbons (Fsp3) is 0.333. The summed E-state index contributed by atoms with van der Waals surface area (Å²) in [6.45, 7) is 3.23. The van der Waals surface area contributed by atoms with Gasteiger partial charge in [0.2, 0.25) is 0 Å². The lowest BCUT2D eigenvalue weighted by Gasteiger charge is -2.06. The zero-order valence-corrected chi connectivity index (χ0v) is 12.4. The fourth-order valence-corrected chi connectivity index (χ4v) is 2.24. The standard InChI is InChI=1S/C15H18N6O/c1-11-17-14(16-8-5-9-22)13-15(18-11)21(20-19-13)10-12-6-3-2-4-7-12/h2-4,6-7,22H,5,8-10H2,1H3,(H,16,17,18). The molecule has 7 heteroatoms. The predicted octanol–water partition coefficient (Wildman–Crippen LogP) is 1.37. The molecule has 2 N–H and O–H groups in total. The average molecular weight is 298 g/mol. The summed E-state index contributed by atoms with van der Waals surface area (Å²) in [5.41, 5.74) is 2.50. The average Bonchev–Trinajstić information content (AvgIpc) is 2.91. The first-order chi connectivity index (χ1) is 10.8. The SMILES string of the molecule is Cc1nc(NCCCO)c2nnn(Cc3ccccc3)c2n1. The van der Waals surface area contributed by atoms with Crippen LogP contribution < -0.4 is 5.32 Å². The Hall–Kier alpha value is -2.54. The maximum absolute atomic E-state index is 8.88. The Morgan fingerprint density at radius 2 is 2.00 bits per heavy atom. The third-order valence-electron chi connectivity index (χ3n) is 3.28. The summed E-state index contributed by atoms with van der Waals surface area (Å²) in [5, 5.41) is 20.4. The van der Waals surface area contributed by atoms with Crippen LogP contribution in [0.15, 0.2) is 30.3 Å². The van der Waals surface area contributed by atoms with E-state index in [0.717, 1.165) is 5.56 Å². The molecule has 0 spiro atoms. The van der Waals surface area contributed by atoms with Gasteiger partial charge in [-0.3, -0.25) is 0 Å². The third kappa shape index (κ3) is 3.04. The van der Waals surface area contributed by atoms with Gasteiger partial charge in [-0.1, -0.05) is 35.5 Å². The van der Waals surface area contributed by atoms with Gasteiger partial charge in [0.05, 0.1) is 6.54 Å². The molecule has 7 nitrogen and oxygen atoms in total. The molecule has 0 aliphatic rings. The Balaban J connectivity index is 1.93. The molecule has 0 saturated carbocycles. The van der Waals surface area contributed by atoms with E-state index in [-0.39, 0.29) is 6.61 Å². The molecule has 0 bridgehead atoms. The molecule has 0 unspecified atom stereocenters. The quantitative estimate of drug-likeness (QED) is 0.668. The number of hydrogen-bond acceptors (Lipinski definition) is 6. The van der Waals surface area contributed by atoms with Gasteiger partial charge in [0.1, 0.15) is 5.82 Å². The Morgan fingerprint density at radius 1 is 1.18 bits per heavy atom. The van der Waals surface area contributed by atoms with Crippen LogP contribution in [0.4, 0.5) is 5.82 Å². The van der Waals surface area contributed by atoms with Crippen molar-refractivity contribution in [3.63, 3.8) is 0 Å². The molecule has 1 aromatic carbocycles. The van der Waals surface area contributed by atoms with Gasteiger partial charge in [0.15, 0.2) is 17.0 Å². The number of aliphatic hydroxyl groups excluding tert-OH is 1. The number of aliphatic hydroxyl groups is 1. The van der Waals surface area contributed by atoms with Crippen LogP contribution >= 0.6 is 0 Å². The van der Waals surface area contributed by atoms with Crippen LogP contribution in [0.3, 0.4) is 0 Å². The molecular formula is C15H18N6O. The minimum atomic E-state index is 0.140. The van der Waals surface area contributed by atoms with E-state index in [9.17, 15) is 0 Å². The van der Waals surface area contributed by atoms with Gasteiger partial charge in [-0.2, -0.15) is 0 Å². The van der Waals surface area contributed by atoms with Crippen LogP contribution in [0.1, 0.15) is 17.8 Å². The summed E-state index contributed by atoms with van der Waals surface area (Å²) in [4.78, 5) is 8.83. The second-order valence-electron chi connectivity index (χ2n) is 5.03. The molecule has 2 heterocycles. The van der Waals surface area contributed by atoms with Crippen LogP contribution in [0, 0.1) is 6.92 Å². The molecule has 0 amide bonds. The Morgan fingerprint density at radius 3 is 2.77 bits per heavy atom. The number of benzene rings is 1. The van der Waals surface area contributed by atoms with Crippen molar-refractivity contribution in [1.29, 1.82) is 0 Å². The molecule has 0 saturated heterocycles. The summed E-state index contributed by atoms with van der Waals surface area (Å²) in [7, 11) is 0. The first-order valence-corrected chi connectivity index (χ1v) is 7.24. The number of hydrogen-bond donors (Lipinski definition) is 2. The molecule has 0 aliphatic carbocycles. The van der Waals surface area contributed by atoms with Crippen LogP contribution in [0.25, 0.3) is 11.2 Å². The summed E-state index contributed by atoms with van der Waals surface area (Å²) in [5.74, 6) is 1.32. The number of anilines is 1. The normalized spacial score (nSPS) is 11.0. The Labute approximate surface area is 128 Å². The van der Waals surface area contributed by atoms with Crippen molar-refractivity contribution in [2.45, 2.75) is 19.9 Å². The summed E-state index contributed by atoms with van der Waals surface area (Å²) in [6, 6.07) is 10.1. The summed E-state index contributed by atoms with van der Waals surface area (Å²) in [6.07, 6.45) is 0.655. The largest absolute Gasteiger partial charge is 0.396 e. The van der Waals surface area contributed by atoms with E-state index in [0.29, 0.717) is 42.3 Å². The maximum Gasteiger partial charge on any atom is 0.184 e. The molecule has 0 atom stereocenters. The van der Waals surface area contributed by atoms with Crippen LogP contribution in [-0.2, 0) is 6.54 Å². The molecule has 0 fully saturated rings. The van der Waals surface area contributed by atoms with Gasteiger partial charge in [0, 0.05) is 13.2 Å². The van der Waals surface area contributed by atoms with Gasteiger partial charge >= 0.3 is 0 Å². The smallest absolute Gasteiger partial charge is 0.184 e. The molecule has 0 aliphatic heterocycles. The highest BCUT2D eigenvalue weighted by atomic mass is 16.3. The predicted molar refractivity (Wildman–Crippen MR) is 83.6 cm³/mol. The molecule has 3 aromatic rings. The van der Waals surface area contributed by atoms with Crippen LogP contribution in [0.5, 0.6) is 0 Å². The van der Waals surface area contributed by atoms with Crippen molar-refractivity contribution in [2.24, 2.45) is 0 Å². The topological polar surface area (TPSA) is 88.8 Å². The summed E-state index contributed by atoms with van der Waals surface area (Å²) >= 11 is 0. The number of nitrogens with zero attached hydrogens (tertiary/aromatic N) is 5. The van der Waals surface area contributed by atoms with Crippen molar-refractivity contribution in [3.8, 4) is 0 Å². The second kappa shape index (κ2) is 6.48. The molecule has 2 aromatic heterocycles. The lowest BCUT2D eigenvalue weighted by atomic mass is 10.2. The minimum Gasteiger partial charge on any atom is -0.396 e. The highest BCUT2D eigenvalue weighted by molar-refractivity contribution is 5.82. The van der Waals surface area contributed by atoms with E-state index in [1.54, 1.807) is 4.68 Å². The van der Waals surface area contributed by atoms with Gasteiger partial charge in [-0.25, -0.2) is 14.6 Å². The molecular weight excluding hydrogens is 280 g/mol. The number of fused-ring (bicyclic) bond motifs is 1. The zero-order valence-electron chi connectivity index (χ0n) is 12.4. The fourth-order valence-electron chi connectivity index (χ4n) is 2.24. The monoisotopic (exact) mass is 298 g/mol. The first-order valence-electron chi connectivity index (χ1n) is 7.24. The van der Waals surface area contributed by atoms with E-state index < -0.39 is 0 Å². The minimum absolute atomic E-state index is 0.140. The highest BCUT2D eigenvalue weighted by Gasteiger charge is 2.13. The molecule has 3 rings (SSSR count). The number of aromatic nitrogens is 5. The molecule has 22 heavy (non-hydrogen) atoms. The van der Waals surface area contributed by atoms with Crippen LogP contribution in [0.2, 0.25) is 0 Å². The lowest BCUT2D eigenvalue weighted by Crippen LogP contribution is -2.08. The highest BCUT2D eigenvalue weighted by Crippen LogP contribution is 2.18. The van der Waals surface area contributed by atoms with E-state index >= 15 is 0 Å². The van der Waals surface area contributed by atoms with Crippen molar-refractivity contribution in [3.05, 3.63) is 41.7 Å².